The molecule has 188 valence electrons. The number of hydrogen-bond acceptors (Lipinski definition) is 4. The summed E-state index contributed by atoms with van der Waals surface area (Å²) < 4.78 is 108. The third kappa shape index (κ3) is 5.62. The van der Waals surface area contributed by atoms with Crippen LogP contribution in [0.25, 0.3) is 11.1 Å². The second-order valence-electron chi connectivity index (χ2n) is 7.42. The Bertz CT molecular complexity index is 1240. The first kappa shape index (κ1) is 26.6. The third-order valence-corrected chi connectivity index (χ3v) is 4.90. The van der Waals surface area contributed by atoms with Crippen LogP contribution in [0.2, 0.25) is 0 Å². The van der Waals surface area contributed by atoms with E-state index in [1.807, 2.05) is 6.07 Å². The molecule has 3 aromatic carbocycles. The highest BCUT2D eigenvalue weighted by Crippen LogP contribution is 2.48. The zero-order valence-corrected chi connectivity index (χ0v) is 18.0. The predicted molar refractivity (Wildman–Crippen MR) is 114 cm³/mol. The van der Waals surface area contributed by atoms with Crippen molar-refractivity contribution in [3.05, 3.63) is 78.4 Å². The van der Waals surface area contributed by atoms with Crippen LogP contribution in [0.15, 0.2) is 83.0 Å². The molecule has 0 fully saturated rings. The van der Waals surface area contributed by atoms with Gasteiger partial charge in [0.15, 0.2) is 6.61 Å². The zero-order valence-electron chi connectivity index (χ0n) is 18.0. The molecule has 0 radical (unpaired) electrons. The number of alkyl halides is 8. The minimum Gasteiger partial charge on any atom is -0.487 e. The number of benzene rings is 3. The normalized spacial score (nSPS) is 12.7. The van der Waals surface area contributed by atoms with E-state index in [0.717, 1.165) is 23.3 Å². The van der Waals surface area contributed by atoms with Crippen LogP contribution in [0.5, 0.6) is 5.75 Å². The van der Waals surface area contributed by atoms with Crippen molar-refractivity contribution >= 4 is 11.4 Å². The number of hydrogen-bond donors (Lipinski definition) is 0. The first-order valence-corrected chi connectivity index (χ1v) is 10.0. The maximum Gasteiger partial charge on any atom is 0.381 e. The van der Waals surface area contributed by atoms with Gasteiger partial charge in [-0.1, -0.05) is 24.3 Å². The smallest absolute Gasteiger partial charge is 0.381 e. The van der Waals surface area contributed by atoms with E-state index in [9.17, 15) is 35.1 Å². The fourth-order valence-corrected chi connectivity index (χ4v) is 2.83. The molecule has 0 amide bonds. The molecule has 0 saturated heterocycles. The van der Waals surface area contributed by atoms with Gasteiger partial charge in [-0.05, 0) is 59.7 Å². The molecule has 0 aliphatic heterocycles. The molecule has 0 spiro atoms. The summed E-state index contributed by atoms with van der Waals surface area (Å²) in [4.78, 5) is 0. The molecule has 0 saturated carbocycles. The number of rotatable bonds is 9. The maximum absolute atomic E-state index is 13.6. The average Bonchev–Trinajstić information content (AvgIpc) is 2.87. The van der Waals surface area contributed by atoms with E-state index in [1.165, 1.54) is 12.1 Å². The van der Waals surface area contributed by atoms with Crippen LogP contribution in [0.4, 0.5) is 46.5 Å². The van der Waals surface area contributed by atoms with Gasteiger partial charge in [0, 0.05) is 0 Å². The molecule has 0 aliphatic carbocycles. The molecule has 0 aromatic heterocycles. The first-order valence-electron chi connectivity index (χ1n) is 10.0. The largest absolute Gasteiger partial charge is 0.487 e. The summed E-state index contributed by atoms with van der Waals surface area (Å²) >= 11 is 0. The molecular formula is C24H15F8N3O. The molecule has 0 N–H and O–H groups in total. The Kier molecular flexibility index (Phi) is 7.62. The second kappa shape index (κ2) is 10.3. The average molecular weight is 513 g/mol. The minimum absolute atomic E-state index is 0.222. The Balaban J connectivity index is 1.61. The van der Waals surface area contributed by atoms with Crippen LogP contribution in [0.1, 0.15) is 5.56 Å². The zero-order chi connectivity index (χ0) is 26.6. The summed E-state index contributed by atoms with van der Waals surface area (Å²) in [6.07, 6.45) is -4.99. The van der Waals surface area contributed by atoms with Crippen LogP contribution in [0, 0.1) is 11.3 Å². The Morgan fingerprint density at radius 3 is 1.61 bits per heavy atom. The molecule has 0 unspecified atom stereocenters. The molecule has 0 bridgehead atoms. The molecule has 0 heterocycles. The van der Waals surface area contributed by atoms with Crippen molar-refractivity contribution in [3.63, 3.8) is 0 Å². The fraction of sp³-hybridized carbons (Fsp3) is 0.208. The van der Waals surface area contributed by atoms with Crippen LogP contribution >= 0.6 is 0 Å². The number of halogens is 8. The lowest BCUT2D eigenvalue weighted by atomic mass is 10.0. The SMILES string of the molecule is N#Cc1ccc(-c2ccc(N=Nc3ccc(OCC(F)(F)C(F)(F)C(F)(F)C(F)F)cc3)cc2)cc1. The number of azo groups is 1. The molecule has 3 rings (SSSR count). The fourth-order valence-electron chi connectivity index (χ4n) is 2.83. The Labute approximate surface area is 199 Å². The molecule has 3 aromatic rings. The summed E-state index contributed by atoms with van der Waals surface area (Å²) in [6, 6.07) is 20.4. The van der Waals surface area contributed by atoms with Gasteiger partial charge in [0.2, 0.25) is 0 Å². The van der Waals surface area contributed by atoms with Crippen molar-refractivity contribution < 1.29 is 39.9 Å². The van der Waals surface area contributed by atoms with Crippen LogP contribution in [-0.2, 0) is 0 Å². The van der Waals surface area contributed by atoms with E-state index in [2.05, 4.69) is 15.0 Å². The Morgan fingerprint density at radius 1 is 0.722 bits per heavy atom. The summed E-state index contributed by atoms with van der Waals surface area (Å²) in [7, 11) is 0. The summed E-state index contributed by atoms with van der Waals surface area (Å²) in [5, 5.41) is 16.8. The van der Waals surface area contributed by atoms with Gasteiger partial charge in [0.1, 0.15) is 5.75 Å². The van der Waals surface area contributed by atoms with Crippen LogP contribution < -0.4 is 4.74 Å². The van der Waals surface area contributed by atoms with Crippen molar-refractivity contribution in [1.29, 1.82) is 5.26 Å². The maximum atomic E-state index is 13.6. The summed E-state index contributed by atoms with van der Waals surface area (Å²) in [6.45, 7) is -2.26. The third-order valence-electron chi connectivity index (χ3n) is 4.90. The lowest BCUT2D eigenvalue weighted by molar-refractivity contribution is -0.342. The standard InChI is InChI=1S/C24H15F8N3O/c25-21(26)23(29,30)24(31,32)22(27,28)14-36-20-11-9-19(10-12-20)35-34-18-7-5-17(6-8-18)16-3-1-15(13-33)2-4-16/h1-12,21H,14H2. The molecule has 0 atom stereocenters. The van der Waals surface area contributed by atoms with Crippen molar-refractivity contribution in [3.8, 4) is 22.9 Å². The lowest BCUT2D eigenvalue weighted by Gasteiger charge is -2.31. The van der Waals surface area contributed by atoms with Gasteiger partial charge < -0.3 is 4.74 Å². The minimum atomic E-state index is -6.34. The summed E-state index contributed by atoms with van der Waals surface area (Å²) in [5.74, 6) is -18.6. The van der Waals surface area contributed by atoms with Gasteiger partial charge in [-0.3, -0.25) is 0 Å². The quantitative estimate of drug-likeness (QED) is 0.214. The van der Waals surface area contributed by atoms with Gasteiger partial charge in [-0.15, -0.1) is 0 Å². The van der Waals surface area contributed by atoms with Crippen molar-refractivity contribution in [2.75, 3.05) is 6.61 Å². The monoisotopic (exact) mass is 513 g/mol. The van der Waals surface area contributed by atoms with Gasteiger partial charge in [-0.2, -0.15) is 41.8 Å². The molecule has 36 heavy (non-hydrogen) atoms. The van der Waals surface area contributed by atoms with E-state index in [1.54, 1.807) is 48.5 Å². The topological polar surface area (TPSA) is 57.7 Å². The van der Waals surface area contributed by atoms with E-state index >= 15 is 0 Å². The Morgan fingerprint density at radius 2 is 1.17 bits per heavy atom. The highest BCUT2D eigenvalue weighted by Gasteiger charge is 2.75. The van der Waals surface area contributed by atoms with Gasteiger partial charge >= 0.3 is 24.2 Å². The van der Waals surface area contributed by atoms with Crippen LogP contribution in [-0.4, -0.2) is 30.8 Å². The Hall–Kier alpha value is -4.01. The van der Waals surface area contributed by atoms with Gasteiger partial charge in [-0.25, -0.2) is 8.78 Å². The number of nitriles is 1. The van der Waals surface area contributed by atoms with E-state index < -0.39 is 36.5 Å². The van der Waals surface area contributed by atoms with E-state index in [0.29, 0.717) is 11.3 Å². The van der Waals surface area contributed by atoms with Crippen molar-refractivity contribution in [1.82, 2.24) is 0 Å². The van der Waals surface area contributed by atoms with Crippen molar-refractivity contribution in [2.24, 2.45) is 10.2 Å². The molecule has 0 aliphatic rings. The highest BCUT2D eigenvalue weighted by molar-refractivity contribution is 5.66. The van der Waals surface area contributed by atoms with Gasteiger partial charge in [0.05, 0.1) is 23.0 Å². The van der Waals surface area contributed by atoms with Gasteiger partial charge in [0.25, 0.3) is 0 Å². The number of nitrogens with zero attached hydrogens (tertiary/aromatic N) is 3. The highest BCUT2D eigenvalue weighted by atomic mass is 19.4. The van der Waals surface area contributed by atoms with E-state index in [-0.39, 0.29) is 5.69 Å². The predicted octanol–water partition coefficient (Wildman–Crippen LogP) is 8.19. The lowest BCUT2D eigenvalue weighted by Crippen LogP contribution is -2.59. The molecule has 12 heteroatoms. The van der Waals surface area contributed by atoms with Crippen LogP contribution in [0.3, 0.4) is 0 Å². The first-order chi connectivity index (χ1) is 16.9. The second-order valence-corrected chi connectivity index (χ2v) is 7.42. The number of ether oxygens (including phenoxy) is 1. The van der Waals surface area contributed by atoms with Crippen molar-refractivity contribution in [2.45, 2.75) is 24.2 Å². The molecule has 4 nitrogen and oxygen atoms in total. The van der Waals surface area contributed by atoms with E-state index in [4.69, 9.17) is 5.26 Å². The molecular weight excluding hydrogens is 498 g/mol. The summed E-state index contributed by atoms with van der Waals surface area (Å²) in [5.41, 5.74) is 2.97.